The largest absolute Gasteiger partial charge is 0.325 e. The number of nitrogens with one attached hydrogen (secondary N) is 1. The third-order valence-electron chi connectivity index (χ3n) is 4.23. The topological polar surface area (TPSA) is 29.1 Å². The van der Waals surface area contributed by atoms with Crippen LogP contribution >= 0.6 is 11.3 Å². The van der Waals surface area contributed by atoms with Crippen molar-refractivity contribution < 1.29 is 13.6 Å². The highest BCUT2D eigenvalue weighted by Crippen LogP contribution is 2.46. The average molecular weight is 341 g/mol. The maximum Gasteiger partial charge on any atom is 0.225 e. The first-order valence-corrected chi connectivity index (χ1v) is 8.43. The number of carbonyl (C=O) groups is 1. The second-order valence-corrected chi connectivity index (χ2v) is 6.63. The number of hydrogen-bond acceptors (Lipinski definition) is 2. The molecule has 1 unspecified atom stereocenters. The molecule has 1 aromatic heterocycles. The van der Waals surface area contributed by atoms with Gasteiger partial charge in [-0.25, -0.2) is 8.78 Å². The number of thiophene rings is 1. The van der Waals surface area contributed by atoms with E-state index in [-0.39, 0.29) is 29.9 Å². The van der Waals surface area contributed by atoms with E-state index in [1.807, 2.05) is 5.38 Å². The van der Waals surface area contributed by atoms with Crippen molar-refractivity contribution >= 4 is 22.9 Å². The highest BCUT2D eigenvalue weighted by Gasteiger charge is 2.31. The molecular weight excluding hydrogens is 328 g/mol. The molecule has 4 rings (SSSR count). The van der Waals surface area contributed by atoms with Gasteiger partial charge in [0.15, 0.2) is 0 Å². The van der Waals surface area contributed by atoms with Crippen LogP contribution in [0.25, 0.3) is 11.1 Å². The predicted molar refractivity (Wildman–Crippen MR) is 91.2 cm³/mol. The Hall–Kier alpha value is -2.53. The fourth-order valence-corrected chi connectivity index (χ4v) is 4.23. The first-order chi connectivity index (χ1) is 11.6. The second-order valence-electron chi connectivity index (χ2n) is 5.72. The van der Waals surface area contributed by atoms with Crippen molar-refractivity contribution in [1.82, 2.24) is 0 Å². The number of hydrogen-bond donors (Lipinski definition) is 1. The van der Waals surface area contributed by atoms with Crippen molar-refractivity contribution in [3.8, 4) is 11.1 Å². The van der Waals surface area contributed by atoms with Crippen molar-refractivity contribution in [2.24, 2.45) is 0 Å². The molecule has 0 fully saturated rings. The Morgan fingerprint density at radius 1 is 1.04 bits per heavy atom. The summed E-state index contributed by atoms with van der Waals surface area (Å²) in [6.07, 6.45) is 0.220. The van der Waals surface area contributed by atoms with Gasteiger partial charge in [-0.3, -0.25) is 4.79 Å². The third kappa shape index (κ3) is 2.51. The van der Waals surface area contributed by atoms with Gasteiger partial charge in [0.2, 0.25) is 5.91 Å². The molecule has 0 spiro atoms. The van der Waals surface area contributed by atoms with E-state index >= 15 is 0 Å². The van der Waals surface area contributed by atoms with Crippen molar-refractivity contribution in [2.45, 2.75) is 12.3 Å². The predicted octanol–water partition coefficient (Wildman–Crippen LogP) is 5.17. The number of carbonyl (C=O) groups excluding carboxylic acids is 1. The molecule has 0 aliphatic carbocycles. The summed E-state index contributed by atoms with van der Waals surface area (Å²) in [5.74, 6) is -1.05. The number of halogens is 2. The third-order valence-corrected chi connectivity index (χ3v) is 5.32. The lowest BCUT2D eigenvalue weighted by atomic mass is 9.89. The van der Waals surface area contributed by atoms with Gasteiger partial charge in [0, 0.05) is 28.2 Å². The van der Waals surface area contributed by atoms with E-state index < -0.39 is 0 Å². The van der Waals surface area contributed by atoms with Gasteiger partial charge >= 0.3 is 0 Å². The molecule has 0 saturated heterocycles. The molecule has 2 aromatic carbocycles. The Morgan fingerprint density at radius 3 is 2.54 bits per heavy atom. The fourth-order valence-electron chi connectivity index (χ4n) is 3.08. The fraction of sp³-hybridized carbons (Fsp3) is 0.105. The summed E-state index contributed by atoms with van der Waals surface area (Å²) in [4.78, 5) is 13.1. The van der Waals surface area contributed by atoms with Crippen LogP contribution in [0.4, 0.5) is 14.5 Å². The molecule has 1 amide bonds. The average Bonchev–Trinajstić information content (AvgIpc) is 2.99. The molecule has 120 valence electrons. The van der Waals surface area contributed by atoms with Crippen LogP contribution in [0.15, 0.2) is 53.9 Å². The smallest absolute Gasteiger partial charge is 0.225 e. The van der Waals surface area contributed by atoms with Crippen molar-refractivity contribution in [3.63, 3.8) is 0 Å². The minimum Gasteiger partial charge on any atom is -0.325 e. The normalized spacial score (nSPS) is 16.6. The quantitative estimate of drug-likeness (QED) is 0.685. The van der Waals surface area contributed by atoms with Crippen molar-refractivity contribution in [1.29, 1.82) is 0 Å². The van der Waals surface area contributed by atoms with Crippen LogP contribution in [0, 0.1) is 11.6 Å². The van der Waals surface area contributed by atoms with Gasteiger partial charge in [0.25, 0.3) is 0 Å². The summed E-state index contributed by atoms with van der Waals surface area (Å²) in [5.41, 5.74) is 2.89. The van der Waals surface area contributed by atoms with Gasteiger partial charge < -0.3 is 5.32 Å². The monoisotopic (exact) mass is 341 g/mol. The summed E-state index contributed by atoms with van der Waals surface area (Å²) in [6, 6.07) is 12.7. The van der Waals surface area contributed by atoms with Crippen molar-refractivity contribution in [3.05, 3.63) is 76.0 Å². The Morgan fingerprint density at radius 2 is 1.79 bits per heavy atom. The van der Waals surface area contributed by atoms with E-state index in [2.05, 4.69) is 5.32 Å². The summed E-state index contributed by atoms with van der Waals surface area (Å²) in [5, 5.41) is 4.82. The number of amides is 1. The maximum atomic E-state index is 14.2. The van der Waals surface area contributed by atoms with E-state index in [9.17, 15) is 13.6 Å². The van der Waals surface area contributed by atoms with Gasteiger partial charge in [0.1, 0.15) is 11.6 Å². The minimum atomic E-state index is -0.309. The molecule has 3 aromatic rings. The molecule has 24 heavy (non-hydrogen) atoms. The molecular formula is C19H13F2NOS. The SMILES string of the molecule is O=C1CC(c2ccccc2F)c2scc(-c3ccc(F)cc3)c2N1. The molecule has 1 N–H and O–H groups in total. The summed E-state index contributed by atoms with van der Waals surface area (Å²) < 4.78 is 27.3. The molecule has 1 aliphatic rings. The first kappa shape index (κ1) is 15.0. The van der Waals surface area contributed by atoms with Crippen LogP contribution in [0.5, 0.6) is 0 Å². The first-order valence-electron chi connectivity index (χ1n) is 7.55. The lowest BCUT2D eigenvalue weighted by molar-refractivity contribution is -0.116. The van der Waals surface area contributed by atoms with Crippen LogP contribution in [-0.2, 0) is 4.79 Å². The Kier molecular flexibility index (Phi) is 3.65. The summed E-state index contributed by atoms with van der Waals surface area (Å²) in [7, 11) is 0. The van der Waals surface area contributed by atoms with Gasteiger partial charge in [0.05, 0.1) is 5.69 Å². The highest BCUT2D eigenvalue weighted by molar-refractivity contribution is 7.11. The highest BCUT2D eigenvalue weighted by atomic mass is 32.1. The van der Waals surface area contributed by atoms with E-state index in [0.717, 1.165) is 16.0 Å². The van der Waals surface area contributed by atoms with Gasteiger partial charge in [-0.05, 0) is 29.3 Å². The zero-order chi connectivity index (χ0) is 16.7. The number of benzene rings is 2. The van der Waals surface area contributed by atoms with E-state index in [4.69, 9.17) is 0 Å². The molecule has 5 heteroatoms. The molecule has 1 aliphatic heterocycles. The summed E-state index contributed by atoms with van der Waals surface area (Å²) in [6.45, 7) is 0. The number of anilines is 1. The van der Waals surface area contributed by atoms with Gasteiger partial charge in [-0.1, -0.05) is 30.3 Å². The molecule has 0 radical (unpaired) electrons. The number of fused-ring (bicyclic) bond motifs is 1. The van der Waals surface area contributed by atoms with E-state index in [1.54, 1.807) is 30.3 Å². The minimum absolute atomic E-state index is 0.141. The van der Waals surface area contributed by atoms with Gasteiger partial charge in [-0.15, -0.1) is 11.3 Å². The Labute approximate surface area is 141 Å². The van der Waals surface area contributed by atoms with E-state index in [0.29, 0.717) is 11.3 Å². The Balaban J connectivity index is 1.83. The van der Waals surface area contributed by atoms with E-state index in [1.165, 1.54) is 29.5 Å². The molecule has 2 nitrogen and oxygen atoms in total. The Bertz CT molecular complexity index is 917. The van der Waals surface area contributed by atoms with Crippen LogP contribution in [0.3, 0.4) is 0 Å². The maximum absolute atomic E-state index is 14.2. The zero-order valence-electron chi connectivity index (χ0n) is 12.6. The number of rotatable bonds is 2. The lowest BCUT2D eigenvalue weighted by Crippen LogP contribution is -2.23. The summed E-state index contributed by atoms with van der Waals surface area (Å²) >= 11 is 1.49. The second kappa shape index (κ2) is 5.83. The van der Waals surface area contributed by atoms with Crippen LogP contribution in [0.2, 0.25) is 0 Å². The molecule has 0 saturated carbocycles. The zero-order valence-corrected chi connectivity index (χ0v) is 13.4. The standard InChI is InChI=1S/C19H13F2NOS/c20-12-7-5-11(6-8-12)15-10-24-19-14(9-17(23)22-18(15)19)13-3-1-2-4-16(13)21/h1-8,10,14H,9H2,(H,22,23). The lowest BCUT2D eigenvalue weighted by Gasteiger charge is -2.24. The van der Waals surface area contributed by atoms with Gasteiger partial charge in [-0.2, -0.15) is 0 Å². The van der Waals surface area contributed by atoms with Crippen LogP contribution in [0.1, 0.15) is 22.8 Å². The van der Waals surface area contributed by atoms with Crippen LogP contribution < -0.4 is 5.32 Å². The molecule has 0 bridgehead atoms. The van der Waals surface area contributed by atoms with Crippen LogP contribution in [-0.4, -0.2) is 5.91 Å². The molecule has 2 heterocycles. The molecule has 1 atom stereocenters. The van der Waals surface area contributed by atoms with Crippen molar-refractivity contribution in [2.75, 3.05) is 5.32 Å².